The highest BCUT2D eigenvalue weighted by Crippen LogP contribution is 2.29. The fourth-order valence-electron chi connectivity index (χ4n) is 4.25. The molecular weight excluding hydrogens is 430 g/mol. The molecule has 31 heavy (non-hydrogen) atoms. The summed E-state index contributed by atoms with van der Waals surface area (Å²) in [7, 11) is 0. The Morgan fingerprint density at radius 2 is 1.23 bits per heavy atom. The number of ketones is 3. The summed E-state index contributed by atoms with van der Waals surface area (Å²) in [5.41, 5.74) is 0. The van der Waals surface area contributed by atoms with Crippen molar-refractivity contribution in [3.05, 3.63) is 0 Å². The van der Waals surface area contributed by atoms with Gasteiger partial charge in [-0.25, -0.2) is 0 Å². The summed E-state index contributed by atoms with van der Waals surface area (Å²) in [6.07, 6.45) is 16.9. The largest absolute Gasteiger partial charge is 0.298 e. The first-order valence-electron chi connectivity index (χ1n) is 12.3. The lowest BCUT2D eigenvalue weighted by molar-refractivity contribution is -0.142. The highest BCUT2D eigenvalue weighted by Gasteiger charge is 2.40. The fourth-order valence-corrected chi connectivity index (χ4v) is 4.97. The van der Waals surface area contributed by atoms with Crippen LogP contribution in [0.4, 0.5) is 0 Å². The van der Waals surface area contributed by atoms with Gasteiger partial charge in [-0.2, -0.15) is 0 Å². The molecule has 1 N–H and O–H groups in total. The van der Waals surface area contributed by atoms with Crippen molar-refractivity contribution < 1.29 is 14.4 Å². The highest BCUT2D eigenvalue weighted by molar-refractivity contribution is 8.13. The zero-order valence-corrected chi connectivity index (χ0v) is 21.3. The average Bonchev–Trinajstić information content (AvgIpc) is 2.71. The zero-order chi connectivity index (χ0) is 22.2. The molecular formula is C25H44ClNO3S. The number of unbranched alkanes of at least 4 members (excludes halogenated alkanes) is 12. The van der Waals surface area contributed by atoms with E-state index in [4.69, 9.17) is 5.41 Å². The summed E-state index contributed by atoms with van der Waals surface area (Å²) in [6, 6.07) is 0. The van der Waals surface area contributed by atoms with E-state index in [1.165, 1.54) is 76.0 Å². The quantitative estimate of drug-likeness (QED) is 0.104. The second kappa shape index (κ2) is 18.8. The summed E-state index contributed by atoms with van der Waals surface area (Å²) in [4.78, 5) is 37.1. The zero-order valence-electron chi connectivity index (χ0n) is 19.7. The standard InChI is InChI=1S/C25H43NO3S.ClH/c1-3-5-6-7-8-9-10-11-12-13-14-15-16-17-21(27)24-22(28)18-20(19-23(24)29)25(26)30-4-2;/h20,24,26H,3-19H2,1-2H3;1H. The summed E-state index contributed by atoms with van der Waals surface area (Å²) in [5.74, 6) is -1.32. The number of Topliss-reactive ketones (excluding diaryl/α,β-unsaturated/α-hetero) is 3. The Balaban J connectivity index is 0.00000900. The summed E-state index contributed by atoms with van der Waals surface area (Å²) in [5, 5.41) is 8.38. The number of carbonyl (C=O) groups is 3. The second-order valence-corrected chi connectivity index (χ2v) is 10.0. The van der Waals surface area contributed by atoms with Gasteiger partial charge in [0.2, 0.25) is 0 Å². The molecule has 0 unspecified atom stereocenters. The molecule has 0 radical (unpaired) electrons. The lowest BCUT2D eigenvalue weighted by Gasteiger charge is -2.25. The van der Waals surface area contributed by atoms with Gasteiger partial charge in [0.1, 0.15) is 5.92 Å². The van der Waals surface area contributed by atoms with Crippen molar-refractivity contribution in [2.24, 2.45) is 11.8 Å². The Bertz CT molecular complexity index is 535. The summed E-state index contributed by atoms with van der Waals surface area (Å²) < 4.78 is 0. The third-order valence-electron chi connectivity index (χ3n) is 6.06. The SMILES string of the molecule is CCCCCCCCCCCCCCCC(=O)C1C(=O)CC(C(=N)SCC)CC1=O.Cl. The first kappa shape index (κ1) is 30.3. The van der Waals surface area contributed by atoms with Gasteiger partial charge in [-0.1, -0.05) is 90.9 Å². The fraction of sp³-hybridized carbons (Fsp3) is 0.840. The van der Waals surface area contributed by atoms with Gasteiger partial charge in [0.25, 0.3) is 0 Å². The molecule has 1 aliphatic rings. The van der Waals surface area contributed by atoms with Crippen molar-refractivity contribution in [3.63, 3.8) is 0 Å². The van der Waals surface area contributed by atoms with Crippen LogP contribution in [0.15, 0.2) is 0 Å². The molecule has 0 aromatic heterocycles. The van der Waals surface area contributed by atoms with Gasteiger partial charge in [-0.05, 0) is 12.2 Å². The van der Waals surface area contributed by atoms with Gasteiger partial charge in [0, 0.05) is 25.2 Å². The Morgan fingerprint density at radius 1 is 0.806 bits per heavy atom. The predicted molar refractivity (Wildman–Crippen MR) is 135 cm³/mol. The Kier molecular flexibility index (Phi) is 18.4. The third kappa shape index (κ3) is 12.8. The van der Waals surface area contributed by atoms with Gasteiger partial charge in [-0.15, -0.1) is 24.2 Å². The van der Waals surface area contributed by atoms with Crippen LogP contribution in [0, 0.1) is 17.2 Å². The number of hydrogen-bond acceptors (Lipinski definition) is 5. The van der Waals surface area contributed by atoms with E-state index in [1.54, 1.807) is 0 Å². The number of rotatable bonds is 17. The number of carbonyl (C=O) groups excluding carboxylic acids is 3. The smallest absolute Gasteiger partial charge is 0.151 e. The van der Waals surface area contributed by atoms with Crippen LogP contribution in [-0.2, 0) is 14.4 Å². The van der Waals surface area contributed by atoms with Gasteiger partial charge >= 0.3 is 0 Å². The van der Waals surface area contributed by atoms with E-state index in [1.807, 2.05) is 6.92 Å². The lowest BCUT2D eigenvalue weighted by Crippen LogP contribution is -2.40. The van der Waals surface area contributed by atoms with E-state index >= 15 is 0 Å². The van der Waals surface area contributed by atoms with E-state index in [0.29, 0.717) is 11.5 Å². The second-order valence-electron chi connectivity index (χ2n) is 8.73. The molecule has 0 bridgehead atoms. The lowest BCUT2D eigenvalue weighted by atomic mass is 9.77. The van der Waals surface area contributed by atoms with Crippen molar-refractivity contribution in [1.82, 2.24) is 0 Å². The van der Waals surface area contributed by atoms with Crippen LogP contribution in [0.3, 0.4) is 0 Å². The third-order valence-corrected chi connectivity index (χ3v) is 6.99. The maximum absolute atomic E-state index is 12.4. The van der Waals surface area contributed by atoms with Crippen molar-refractivity contribution in [1.29, 1.82) is 5.41 Å². The van der Waals surface area contributed by atoms with E-state index in [0.717, 1.165) is 25.0 Å². The number of thioether (sulfide) groups is 1. The number of halogens is 1. The van der Waals surface area contributed by atoms with Gasteiger partial charge in [-0.3, -0.25) is 19.8 Å². The van der Waals surface area contributed by atoms with Crippen LogP contribution < -0.4 is 0 Å². The van der Waals surface area contributed by atoms with Crippen LogP contribution in [0.2, 0.25) is 0 Å². The van der Waals surface area contributed by atoms with Gasteiger partial charge in [0.15, 0.2) is 17.3 Å². The van der Waals surface area contributed by atoms with Gasteiger partial charge in [0.05, 0.1) is 5.04 Å². The van der Waals surface area contributed by atoms with Crippen LogP contribution in [0.5, 0.6) is 0 Å². The minimum Gasteiger partial charge on any atom is -0.298 e. The maximum atomic E-state index is 12.4. The Hall–Kier alpha value is -0.680. The first-order chi connectivity index (χ1) is 14.5. The van der Waals surface area contributed by atoms with Crippen LogP contribution in [0.25, 0.3) is 0 Å². The number of hydrogen-bond donors (Lipinski definition) is 1. The van der Waals surface area contributed by atoms with Crippen LogP contribution >= 0.6 is 24.2 Å². The molecule has 1 saturated carbocycles. The van der Waals surface area contributed by atoms with Crippen LogP contribution in [0.1, 0.15) is 117 Å². The monoisotopic (exact) mass is 473 g/mol. The molecule has 0 aromatic rings. The minimum atomic E-state index is -1.04. The molecule has 0 amide bonds. The highest BCUT2D eigenvalue weighted by atomic mass is 35.5. The van der Waals surface area contributed by atoms with Crippen LogP contribution in [-0.4, -0.2) is 28.1 Å². The minimum absolute atomic E-state index is 0. The molecule has 1 fully saturated rings. The predicted octanol–water partition coefficient (Wildman–Crippen LogP) is 7.35. The molecule has 4 nitrogen and oxygen atoms in total. The average molecular weight is 474 g/mol. The van der Waals surface area contributed by atoms with E-state index in [9.17, 15) is 14.4 Å². The van der Waals surface area contributed by atoms with Crippen molar-refractivity contribution in [3.8, 4) is 0 Å². The molecule has 1 aliphatic carbocycles. The Morgan fingerprint density at radius 3 is 1.65 bits per heavy atom. The van der Waals surface area contributed by atoms with E-state index < -0.39 is 5.92 Å². The molecule has 0 atom stereocenters. The van der Waals surface area contributed by atoms with Crippen molar-refractivity contribution >= 4 is 46.6 Å². The Labute approximate surface area is 200 Å². The molecule has 1 rings (SSSR count). The summed E-state index contributed by atoms with van der Waals surface area (Å²) >= 11 is 1.38. The maximum Gasteiger partial charge on any atom is 0.151 e. The molecule has 0 aromatic carbocycles. The molecule has 6 heteroatoms. The molecule has 180 valence electrons. The first-order valence-corrected chi connectivity index (χ1v) is 13.3. The molecule has 0 heterocycles. The topological polar surface area (TPSA) is 75.1 Å². The van der Waals surface area contributed by atoms with Crippen molar-refractivity contribution in [2.75, 3.05) is 5.75 Å². The molecule has 0 spiro atoms. The van der Waals surface area contributed by atoms with E-state index in [2.05, 4.69) is 6.92 Å². The number of nitrogens with one attached hydrogen (secondary N) is 1. The molecule has 0 saturated heterocycles. The van der Waals surface area contributed by atoms with E-state index in [-0.39, 0.29) is 48.5 Å². The molecule has 0 aliphatic heterocycles. The normalized spacial score (nSPS) is 18.6. The van der Waals surface area contributed by atoms with Gasteiger partial charge < -0.3 is 0 Å². The van der Waals surface area contributed by atoms with Crippen molar-refractivity contribution in [2.45, 2.75) is 117 Å². The summed E-state index contributed by atoms with van der Waals surface area (Å²) in [6.45, 7) is 4.20.